The van der Waals surface area contributed by atoms with Crippen molar-refractivity contribution >= 4 is 41.6 Å². The van der Waals surface area contributed by atoms with Crippen LogP contribution in [0.4, 0.5) is 4.39 Å². The highest BCUT2D eigenvalue weighted by Gasteiger charge is 2.12. The van der Waals surface area contributed by atoms with Crippen LogP contribution in [0.2, 0.25) is 10.0 Å². The van der Waals surface area contributed by atoms with E-state index in [-0.39, 0.29) is 5.82 Å². The van der Waals surface area contributed by atoms with Crippen molar-refractivity contribution in [2.75, 3.05) is 0 Å². The molecule has 0 aliphatic carbocycles. The standard InChI is InChI=1S/C15H9Cl2FN4S/c16-10-4-5-12(13(17)7-10)14-20-21-15(23)22(14)19-8-9-2-1-3-11(18)6-9/h1-8H,(H,21,23). The van der Waals surface area contributed by atoms with E-state index >= 15 is 0 Å². The van der Waals surface area contributed by atoms with Crippen molar-refractivity contribution in [3.8, 4) is 11.4 Å². The maximum Gasteiger partial charge on any atom is 0.216 e. The van der Waals surface area contributed by atoms with Crippen LogP contribution in [0.3, 0.4) is 0 Å². The van der Waals surface area contributed by atoms with E-state index in [1.165, 1.54) is 23.0 Å². The van der Waals surface area contributed by atoms with Crippen LogP contribution in [-0.4, -0.2) is 21.1 Å². The van der Waals surface area contributed by atoms with Gasteiger partial charge in [0.1, 0.15) is 5.82 Å². The Labute approximate surface area is 146 Å². The zero-order chi connectivity index (χ0) is 16.4. The fourth-order valence-electron chi connectivity index (χ4n) is 1.96. The molecule has 2 aromatic carbocycles. The highest BCUT2D eigenvalue weighted by atomic mass is 35.5. The molecule has 1 N–H and O–H groups in total. The summed E-state index contributed by atoms with van der Waals surface area (Å²) >= 11 is 17.3. The molecule has 0 unspecified atom stereocenters. The predicted octanol–water partition coefficient (Wildman–Crippen LogP) is 4.94. The van der Waals surface area contributed by atoms with Gasteiger partial charge in [0.2, 0.25) is 4.77 Å². The van der Waals surface area contributed by atoms with E-state index in [0.717, 1.165) is 0 Å². The summed E-state index contributed by atoms with van der Waals surface area (Å²) in [7, 11) is 0. The van der Waals surface area contributed by atoms with Crippen molar-refractivity contribution in [1.82, 2.24) is 14.9 Å². The minimum Gasteiger partial charge on any atom is -0.250 e. The lowest BCUT2D eigenvalue weighted by Crippen LogP contribution is -1.96. The van der Waals surface area contributed by atoms with Crippen molar-refractivity contribution in [1.29, 1.82) is 0 Å². The number of nitrogens with one attached hydrogen (secondary N) is 1. The minimum absolute atomic E-state index is 0.290. The van der Waals surface area contributed by atoms with Crippen molar-refractivity contribution in [3.05, 3.63) is 68.7 Å². The molecule has 0 aliphatic heterocycles. The second-order valence-electron chi connectivity index (χ2n) is 4.59. The van der Waals surface area contributed by atoms with Gasteiger partial charge in [-0.15, -0.1) is 0 Å². The van der Waals surface area contributed by atoms with E-state index < -0.39 is 0 Å². The third kappa shape index (κ3) is 3.50. The molecule has 8 heteroatoms. The monoisotopic (exact) mass is 366 g/mol. The van der Waals surface area contributed by atoms with Crippen molar-refractivity contribution < 1.29 is 4.39 Å². The van der Waals surface area contributed by atoms with Crippen LogP contribution in [0, 0.1) is 10.6 Å². The number of benzene rings is 2. The second-order valence-corrected chi connectivity index (χ2v) is 5.82. The predicted molar refractivity (Wildman–Crippen MR) is 92.3 cm³/mol. The van der Waals surface area contributed by atoms with Gasteiger partial charge in [-0.3, -0.25) is 0 Å². The van der Waals surface area contributed by atoms with Gasteiger partial charge in [0.15, 0.2) is 5.82 Å². The van der Waals surface area contributed by atoms with Crippen molar-refractivity contribution in [3.63, 3.8) is 0 Å². The number of nitrogens with zero attached hydrogens (tertiary/aromatic N) is 3. The summed E-state index contributed by atoms with van der Waals surface area (Å²) < 4.78 is 14.9. The molecule has 0 fully saturated rings. The lowest BCUT2D eigenvalue weighted by molar-refractivity contribution is 0.627. The van der Waals surface area contributed by atoms with Crippen LogP contribution < -0.4 is 0 Å². The highest BCUT2D eigenvalue weighted by Crippen LogP contribution is 2.29. The zero-order valence-electron chi connectivity index (χ0n) is 11.5. The quantitative estimate of drug-likeness (QED) is 0.527. The first-order valence-corrected chi connectivity index (χ1v) is 7.64. The normalized spacial score (nSPS) is 11.3. The Bertz CT molecular complexity index is 949. The molecule has 0 atom stereocenters. The lowest BCUT2D eigenvalue weighted by Gasteiger charge is -2.04. The Kier molecular flexibility index (Phi) is 4.56. The van der Waals surface area contributed by atoms with Gasteiger partial charge in [-0.2, -0.15) is 14.9 Å². The first-order chi connectivity index (χ1) is 11.0. The summed E-state index contributed by atoms with van der Waals surface area (Å²) in [5.41, 5.74) is 1.22. The zero-order valence-corrected chi connectivity index (χ0v) is 13.8. The molecule has 23 heavy (non-hydrogen) atoms. The molecule has 0 saturated heterocycles. The van der Waals surface area contributed by atoms with Gasteiger partial charge < -0.3 is 0 Å². The minimum atomic E-state index is -0.342. The Morgan fingerprint density at radius 3 is 2.78 bits per heavy atom. The second kappa shape index (κ2) is 6.62. The van der Waals surface area contributed by atoms with Gasteiger partial charge in [-0.05, 0) is 48.1 Å². The molecule has 0 spiro atoms. The van der Waals surface area contributed by atoms with E-state index in [4.69, 9.17) is 35.4 Å². The van der Waals surface area contributed by atoms with Crippen LogP contribution in [0.25, 0.3) is 11.4 Å². The van der Waals surface area contributed by atoms with E-state index in [1.54, 1.807) is 30.3 Å². The maximum atomic E-state index is 13.2. The molecule has 1 heterocycles. The molecule has 3 aromatic rings. The Morgan fingerprint density at radius 2 is 2.04 bits per heavy atom. The average molecular weight is 367 g/mol. The number of halogens is 3. The molecule has 1 aromatic heterocycles. The Hall–Kier alpha value is -2.02. The van der Waals surface area contributed by atoms with Crippen LogP contribution >= 0.6 is 35.4 Å². The highest BCUT2D eigenvalue weighted by molar-refractivity contribution is 7.71. The first-order valence-electron chi connectivity index (χ1n) is 6.47. The van der Waals surface area contributed by atoms with Gasteiger partial charge in [-0.1, -0.05) is 35.3 Å². The topological polar surface area (TPSA) is 46.0 Å². The summed E-state index contributed by atoms with van der Waals surface area (Å²) in [6.45, 7) is 0. The summed E-state index contributed by atoms with van der Waals surface area (Å²) in [4.78, 5) is 0. The molecule has 4 nitrogen and oxygen atoms in total. The van der Waals surface area contributed by atoms with Gasteiger partial charge in [0, 0.05) is 10.6 Å². The fraction of sp³-hybridized carbons (Fsp3) is 0. The number of hydrogen-bond donors (Lipinski definition) is 1. The van der Waals surface area contributed by atoms with Crippen molar-refractivity contribution in [2.45, 2.75) is 0 Å². The molecule has 0 saturated carbocycles. The number of aromatic nitrogens is 3. The number of hydrogen-bond acceptors (Lipinski definition) is 3. The molecule has 116 valence electrons. The summed E-state index contributed by atoms with van der Waals surface area (Å²) in [5, 5.41) is 12.0. The van der Waals surface area contributed by atoms with E-state index in [0.29, 0.717) is 31.8 Å². The van der Waals surface area contributed by atoms with Crippen LogP contribution in [0.5, 0.6) is 0 Å². The Morgan fingerprint density at radius 1 is 1.22 bits per heavy atom. The van der Waals surface area contributed by atoms with E-state index in [9.17, 15) is 4.39 Å². The lowest BCUT2D eigenvalue weighted by atomic mass is 10.2. The maximum absolute atomic E-state index is 13.2. The molecular formula is C15H9Cl2FN4S. The fourth-order valence-corrected chi connectivity index (χ4v) is 2.63. The van der Waals surface area contributed by atoms with Gasteiger partial charge in [0.25, 0.3) is 0 Å². The summed E-state index contributed by atoms with van der Waals surface area (Å²) in [6, 6.07) is 11.1. The SMILES string of the molecule is Fc1cccc(C=Nn2c(-c3ccc(Cl)cc3Cl)n[nH]c2=S)c1. The summed E-state index contributed by atoms with van der Waals surface area (Å²) in [6.07, 6.45) is 1.49. The molecular weight excluding hydrogens is 358 g/mol. The molecule has 0 radical (unpaired) electrons. The third-order valence-electron chi connectivity index (χ3n) is 2.99. The van der Waals surface area contributed by atoms with E-state index in [2.05, 4.69) is 15.3 Å². The van der Waals surface area contributed by atoms with E-state index in [1.807, 2.05) is 0 Å². The summed E-state index contributed by atoms with van der Waals surface area (Å²) in [5.74, 6) is 0.0926. The first kappa shape index (κ1) is 15.9. The molecule has 0 bridgehead atoms. The van der Waals surface area contributed by atoms with Crippen LogP contribution in [0.15, 0.2) is 47.6 Å². The van der Waals surface area contributed by atoms with Crippen LogP contribution in [-0.2, 0) is 0 Å². The third-order valence-corrected chi connectivity index (χ3v) is 3.81. The smallest absolute Gasteiger partial charge is 0.216 e. The number of aromatic amines is 1. The molecule has 3 rings (SSSR count). The molecule has 0 amide bonds. The molecule has 0 aliphatic rings. The van der Waals surface area contributed by atoms with Crippen LogP contribution in [0.1, 0.15) is 5.56 Å². The largest absolute Gasteiger partial charge is 0.250 e. The van der Waals surface area contributed by atoms with Crippen molar-refractivity contribution in [2.24, 2.45) is 5.10 Å². The van der Waals surface area contributed by atoms with Gasteiger partial charge >= 0.3 is 0 Å². The number of rotatable bonds is 3. The van der Waals surface area contributed by atoms with Gasteiger partial charge in [-0.25, -0.2) is 9.49 Å². The Balaban J connectivity index is 2.04. The average Bonchev–Trinajstić information content (AvgIpc) is 2.86. The number of H-pyrrole nitrogens is 1. The van der Waals surface area contributed by atoms with Gasteiger partial charge in [0.05, 0.1) is 11.2 Å².